The Hall–Kier alpha value is -3.16. The molecule has 130 valence electrons. The molecule has 1 aliphatic rings. The van der Waals surface area contributed by atoms with Gasteiger partial charge in [0.1, 0.15) is 17.9 Å². The lowest BCUT2D eigenvalue weighted by atomic mass is 9.96. The van der Waals surface area contributed by atoms with E-state index >= 15 is 0 Å². The van der Waals surface area contributed by atoms with Crippen LogP contribution in [0, 0.1) is 11.6 Å². The molecule has 0 aromatic heterocycles. The highest BCUT2D eigenvalue weighted by atomic mass is 19.2. The Morgan fingerprint density at radius 3 is 2.56 bits per heavy atom. The molecular weight excluding hydrogens is 332 g/mol. The van der Waals surface area contributed by atoms with Crippen LogP contribution in [0.1, 0.15) is 33.6 Å². The number of hydrogen-bond acceptors (Lipinski definition) is 3. The predicted octanol–water partition coefficient (Wildman–Crippen LogP) is 2.17. The van der Waals surface area contributed by atoms with Crippen molar-refractivity contribution < 1.29 is 23.1 Å². The smallest absolute Gasteiger partial charge is 0.315 e. The van der Waals surface area contributed by atoms with Gasteiger partial charge < -0.3 is 21.1 Å². The molecule has 2 unspecified atom stereocenters. The quantitative estimate of drug-likeness (QED) is 0.794. The van der Waals surface area contributed by atoms with Crippen molar-refractivity contribution in [1.29, 1.82) is 0 Å². The number of carbonyl (C=O) groups is 2. The number of nitrogens with two attached hydrogens (primary N) is 1. The first-order valence-electron chi connectivity index (χ1n) is 7.45. The average molecular weight is 347 g/mol. The number of hydrogen-bond donors (Lipinski definition) is 3. The number of para-hydroxylation sites is 1. The summed E-state index contributed by atoms with van der Waals surface area (Å²) in [5.74, 6) is -2.51. The monoisotopic (exact) mass is 347 g/mol. The lowest BCUT2D eigenvalue weighted by Crippen LogP contribution is -2.37. The van der Waals surface area contributed by atoms with Crippen LogP contribution in [0.25, 0.3) is 0 Å². The summed E-state index contributed by atoms with van der Waals surface area (Å²) in [5, 5.41) is 5.11. The topological polar surface area (TPSA) is 93.5 Å². The summed E-state index contributed by atoms with van der Waals surface area (Å²) in [4.78, 5) is 23.4. The number of benzene rings is 2. The minimum absolute atomic E-state index is 0.145. The van der Waals surface area contributed by atoms with Gasteiger partial charge in [0, 0.05) is 12.6 Å². The number of carbonyl (C=O) groups excluding carboxylic acids is 2. The Balaban J connectivity index is 2.08. The molecule has 4 N–H and O–H groups in total. The van der Waals surface area contributed by atoms with Crippen LogP contribution in [-0.2, 0) is 0 Å². The molecule has 2 aromatic carbocycles. The number of rotatable bonds is 3. The molecule has 0 saturated carbocycles. The third kappa shape index (κ3) is 2.98. The molecule has 0 bridgehead atoms. The van der Waals surface area contributed by atoms with Gasteiger partial charge in [-0.3, -0.25) is 4.79 Å². The summed E-state index contributed by atoms with van der Waals surface area (Å²) in [6.45, 7) is 0. The van der Waals surface area contributed by atoms with Crippen LogP contribution >= 0.6 is 0 Å². The number of amides is 3. The Bertz CT molecular complexity index is 857. The molecule has 1 heterocycles. The van der Waals surface area contributed by atoms with Gasteiger partial charge in [-0.25, -0.2) is 13.6 Å². The van der Waals surface area contributed by atoms with E-state index in [9.17, 15) is 18.4 Å². The van der Waals surface area contributed by atoms with Gasteiger partial charge >= 0.3 is 6.03 Å². The van der Waals surface area contributed by atoms with E-state index in [4.69, 9.17) is 10.5 Å². The fourth-order valence-electron chi connectivity index (χ4n) is 2.80. The molecule has 8 heteroatoms. The van der Waals surface area contributed by atoms with Crippen molar-refractivity contribution in [3.63, 3.8) is 0 Å². The number of ether oxygens (including phenoxy) is 1. The highest BCUT2D eigenvalue weighted by molar-refractivity contribution is 5.96. The summed E-state index contributed by atoms with van der Waals surface area (Å²) in [7, 11) is 1.44. The molecule has 25 heavy (non-hydrogen) atoms. The molecule has 2 aromatic rings. The summed E-state index contributed by atoms with van der Waals surface area (Å²) >= 11 is 0. The van der Waals surface area contributed by atoms with E-state index in [2.05, 4.69) is 10.6 Å². The predicted molar refractivity (Wildman–Crippen MR) is 85.0 cm³/mol. The molecule has 0 aliphatic carbocycles. The molecule has 1 aliphatic heterocycles. The Morgan fingerprint density at radius 2 is 1.92 bits per heavy atom. The molecule has 0 saturated heterocycles. The van der Waals surface area contributed by atoms with Crippen LogP contribution < -0.4 is 21.1 Å². The van der Waals surface area contributed by atoms with E-state index in [1.165, 1.54) is 19.2 Å². The zero-order valence-electron chi connectivity index (χ0n) is 13.2. The third-order valence-corrected chi connectivity index (χ3v) is 3.98. The molecule has 2 atom stereocenters. The average Bonchev–Trinajstić information content (AvgIpc) is 2.95. The first-order chi connectivity index (χ1) is 11.9. The van der Waals surface area contributed by atoms with Gasteiger partial charge in [0.15, 0.2) is 11.6 Å². The standard InChI is InChI=1S/C17H15F2N3O3/c1-21-17(24)22-13-9-3-2-4-10(16(20)23)15(9)25-14(13)8-5-6-11(18)12(19)7-8/h2-7,13-14H,1H3,(H2,20,23)(H2,21,22,24). The van der Waals surface area contributed by atoms with Crippen LogP contribution in [0.3, 0.4) is 0 Å². The van der Waals surface area contributed by atoms with Gasteiger partial charge in [-0.15, -0.1) is 0 Å². The lowest BCUT2D eigenvalue weighted by Gasteiger charge is -2.20. The van der Waals surface area contributed by atoms with E-state index in [1.54, 1.807) is 12.1 Å². The minimum atomic E-state index is -1.04. The molecule has 3 rings (SSSR count). The van der Waals surface area contributed by atoms with E-state index < -0.39 is 35.7 Å². The molecule has 0 radical (unpaired) electrons. The van der Waals surface area contributed by atoms with Gasteiger partial charge in [-0.05, 0) is 23.8 Å². The van der Waals surface area contributed by atoms with Crippen LogP contribution in [0.5, 0.6) is 5.75 Å². The van der Waals surface area contributed by atoms with Crippen molar-refractivity contribution in [3.8, 4) is 5.75 Å². The third-order valence-electron chi connectivity index (χ3n) is 3.98. The SMILES string of the molecule is CNC(=O)NC1c2cccc(C(N)=O)c2OC1c1ccc(F)c(F)c1. The number of nitrogens with one attached hydrogen (secondary N) is 2. The Kier molecular flexibility index (Phi) is 4.26. The van der Waals surface area contributed by atoms with Gasteiger partial charge in [0.25, 0.3) is 5.91 Å². The molecule has 0 fully saturated rings. The maximum atomic E-state index is 13.6. The molecule has 6 nitrogen and oxygen atoms in total. The molecular formula is C17H15F2N3O3. The van der Waals surface area contributed by atoms with Crippen molar-refractivity contribution in [3.05, 3.63) is 64.7 Å². The second kappa shape index (κ2) is 6.39. The van der Waals surface area contributed by atoms with E-state index in [1.807, 2.05) is 0 Å². The number of fused-ring (bicyclic) bond motifs is 1. The first kappa shape index (κ1) is 16.7. The highest BCUT2D eigenvalue weighted by Crippen LogP contribution is 2.46. The highest BCUT2D eigenvalue weighted by Gasteiger charge is 2.39. The summed E-state index contributed by atoms with van der Waals surface area (Å²) < 4.78 is 32.6. The van der Waals surface area contributed by atoms with Crippen LogP contribution in [0.2, 0.25) is 0 Å². The Morgan fingerprint density at radius 1 is 1.16 bits per heavy atom. The fourth-order valence-corrected chi connectivity index (χ4v) is 2.80. The maximum absolute atomic E-state index is 13.6. The number of urea groups is 1. The van der Waals surface area contributed by atoms with Crippen LogP contribution in [-0.4, -0.2) is 19.0 Å². The maximum Gasteiger partial charge on any atom is 0.315 e. The van der Waals surface area contributed by atoms with Gasteiger partial charge in [-0.2, -0.15) is 0 Å². The second-order valence-corrected chi connectivity index (χ2v) is 5.50. The molecule has 3 amide bonds. The summed E-state index contributed by atoms with van der Waals surface area (Å²) in [6.07, 6.45) is -0.845. The zero-order valence-corrected chi connectivity index (χ0v) is 13.2. The van der Waals surface area contributed by atoms with Crippen molar-refractivity contribution in [2.24, 2.45) is 5.73 Å². The van der Waals surface area contributed by atoms with Crippen molar-refractivity contribution >= 4 is 11.9 Å². The Labute approximate surface area is 142 Å². The van der Waals surface area contributed by atoms with Crippen LogP contribution in [0.15, 0.2) is 36.4 Å². The van der Waals surface area contributed by atoms with E-state index in [0.717, 1.165) is 12.1 Å². The number of halogens is 2. The first-order valence-corrected chi connectivity index (χ1v) is 7.45. The lowest BCUT2D eigenvalue weighted by molar-refractivity contribution is 0.0994. The van der Waals surface area contributed by atoms with E-state index in [-0.39, 0.29) is 11.3 Å². The largest absolute Gasteiger partial charge is 0.482 e. The minimum Gasteiger partial charge on any atom is -0.482 e. The fraction of sp³-hybridized carbons (Fsp3) is 0.176. The number of primary amides is 1. The molecule has 0 spiro atoms. The van der Waals surface area contributed by atoms with E-state index in [0.29, 0.717) is 11.1 Å². The van der Waals surface area contributed by atoms with Crippen LogP contribution in [0.4, 0.5) is 13.6 Å². The summed E-state index contributed by atoms with van der Waals surface area (Å²) in [5.41, 5.74) is 6.34. The van der Waals surface area contributed by atoms with Gasteiger partial charge in [-0.1, -0.05) is 18.2 Å². The summed E-state index contributed by atoms with van der Waals surface area (Å²) in [6, 6.07) is 6.90. The normalized spacial score (nSPS) is 18.2. The van der Waals surface area contributed by atoms with Gasteiger partial charge in [0.2, 0.25) is 0 Å². The zero-order chi connectivity index (χ0) is 18.1. The van der Waals surface area contributed by atoms with Crippen molar-refractivity contribution in [2.75, 3.05) is 7.05 Å². The second-order valence-electron chi connectivity index (χ2n) is 5.50. The van der Waals surface area contributed by atoms with Gasteiger partial charge in [0.05, 0.1) is 5.56 Å². The van der Waals surface area contributed by atoms with Crippen molar-refractivity contribution in [1.82, 2.24) is 10.6 Å². The van der Waals surface area contributed by atoms with Crippen molar-refractivity contribution in [2.45, 2.75) is 12.1 Å².